The number of carboxylic acids is 1. The summed E-state index contributed by atoms with van der Waals surface area (Å²) in [6.45, 7) is -0.165. The second-order valence-electron chi connectivity index (χ2n) is 3.41. The number of benzene rings is 1. The summed E-state index contributed by atoms with van der Waals surface area (Å²) in [6, 6.07) is 2.92. The minimum atomic E-state index is -1.09. The lowest BCUT2D eigenvalue weighted by atomic mass is 10.2. The Balaban J connectivity index is 2.47. The summed E-state index contributed by atoms with van der Waals surface area (Å²) < 4.78 is 25.9. The Morgan fingerprint density at radius 3 is 2.59 bits per heavy atom. The van der Waals surface area contributed by atoms with Crippen LogP contribution in [0.1, 0.15) is 18.4 Å². The molecule has 0 fully saturated rings. The maximum absolute atomic E-state index is 13.1. The number of aliphatic carboxylic acids is 1. The molecule has 0 heterocycles. The second kappa shape index (κ2) is 5.93. The molecule has 0 aliphatic rings. The molecule has 0 radical (unpaired) electrons. The SMILES string of the molecule is O=C(O)CCC(=O)NCc1cc(F)ccc1F. The summed E-state index contributed by atoms with van der Waals surface area (Å²) in [5.41, 5.74) is 0.0219. The summed E-state index contributed by atoms with van der Waals surface area (Å²) >= 11 is 0. The van der Waals surface area contributed by atoms with E-state index in [9.17, 15) is 18.4 Å². The molecule has 0 saturated carbocycles. The van der Waals surface area contributed by atoms with Gasteiger partial charge in [-0.25, -0.2) is 8.78 Å². The minimum Gasteiger partial charge on any atom is -0.481 e. The van der Waals surface area contributed by atoms with Crippen LogP contribution in [0.4, 0.5) is 8.78 Å². The predicted molar refractivity (Wildman–Crippen MR) is 55.1 cm³/mol. The lowest BCUT2D eigenvalue weighted by Crippen LogP contribution is -2.23. The highest BCUT2D eigenvalue weighted by Gasteiger charge is 2.07. The second-order valence-corrected chi connectivity index (χ2v) is 3.41. The first-order valence-electron chi connectivity index (χ1n) is 4.91. The fraction of sp³-hybridized carbons (Fsp3) is 0.273. The molecule has 0 aliphatic carbocycles. The molecular weight excluding hydrogens is 232 g/mol. The van der Waals surface area contributed by atoms with Gasteiger partial charge in [-0.1, -0.05) is 0 Å². The predicted octanol–water partition coefficient (Wildman–Crippen LogP) is 1.45. The fourth-order valence-electron chi connectivity index (χ4n) is 1.18. The number of rotatable bonds is 5. The lowest BCUT2D eigenvalue weighted by molar-refractivity contribution is -0.138. The first-order valence-corrected chi connectivity index (χ1v) is 4.91. The Kier molecular flexibility index (Phi) is 4.56. The van der Waals surface area contributed by atoms with Crippen molar-refractivity contribution in [2.24, 2.45) is 0 Å². The zero-order chi connectivity index (χ0) is 12.8. The highest BCUT2D eigenvalue weighted by atomic mass is 19.1. The number of amides is 1. The van der Waals surface area contributed by atoms with Gasteiger partial charge in [-0.3, -0.25) is 9.59 Å². The van der Waals surface area contributed by atoms with Crippen LogP contribution in [0.5, 0.6) is 0 Å². The average molecular weight is 243 g/mol. The van der Waals surface area contributed by atoms with Gasteiger partial charge in [0.1, 0.15) is 11.6 Å². The molecule has 2 N–H and O–H groups in total. The molecule has 0 atom stereocenters. The summed E-state index contributed by atoms with van der Waals surface area (Å²) in [6.07, 6.45) is -0.482. The van der Waals surface area contributed by atoms with Gasteiger partial charge < -0.3 is 10.4 Å². The third-order valence-corrected chi connectivity index (χ3v) is 2.05. The van der Waals surface area contributed by atoms with Crippen molar-refractivity contribution in [3.05, 3.63) is 35.4 Å². The van der Waals surface area contributed by atoms with Gasteiger partial charge in [0.2, 0.25) is 5.91 Å². The van der Waals surface area contributed by atoms with Crippen molar-refractivity contribution >= 4 is 11.9 Å². The molecule has 4 nitrogen and oxygen atoms in total. The van der Waals surface area contributed by atoms with Crippen molar-refractivity contribution in [1.29, 1.82) is 0 Å². The van der Waals surface area contributed by atoms with E-state index >= 15 is 0 Å². The molecule has 0 saturated heterocycles. The van der Waals surface area contributed by atoms with Gasteiger partial charge in [0.05, 0.1) is 6.42 Å². The van der Waals surface area contributed by atoms with Crippen LogP contribution in [0.3, 0.4) is 0 Å². The molecular formula is C11H11F2NO3. The quantitative estimate of drug-likeness (QED) is 0.822. The number of halogens is 2. The van der Waals surface area contributed by atoms with Gasteiger partial charge in [-0.15, -0.1) is 0 Å². The largest absolute Gasteiger partial charge is 0.481 e. The Bertz CT molecular complexity index is 435. The van der Waals surface area contributed by atoms with E-state index in [2.05, 4.69) is 5.32 Å². The topological polar surface area (TPSA) is 66.4 Å². The van der Waals surface area contributed by atoms with Crippen LogP contribution in [0.15, 0.2) is 18.2 Å². The number of hydrogen-bond acceptors (Lipinski definition) is 2. The van der Waals surface area contributed by atoms with Gasteiger partial charge in [0.25, 0.3) is 0 Å². The number of carboxylic acid groups (broad SMARTS) is 1. The highest BCUT2D eigenvalue weighted by Crippen LogP contribution is 2.09. The summed E-state index contributed by atoms with van der Waals surface area (Å²) in [4.78, 5) is 21.3. The molecule has 0 bridgehead atoms. The highest BCUT2D eigenvalue weighted by molar-refractivity contribution is 5.80. The molecule has 0 unspecified atom stereocenters. The van der Waals surface area contributed by atoms with E-state index in [-0.39, 0.29) is 24.9 Å². The van der Waals surface area contributed by atoms with Crippen LogP contribution in [0.2, 0.25) is 0 Å². The molecule has 6 heteroatoms. The van der Waals surface area contributed by atoms with Crippen LogP contribution < -0.4 is 5.32 Å². The van der Waals surface area contributed by atoms with E-state index in [0.717, 1.165) is 18.2 Å². The van der Waals surface area contributed by atoms with Gasteiger partial charge >= 0.3 is 5.97 Å². The molecule has 1 rings (SSSR count). The van der Waals surface area contributed by atoms with E-state index in [0.29, 0.717) is 0 Å². The zero-order valence-electron chi connectivity index (χ0n) is 8.87. The smallest absolute Gasteiger partial charge is 0.303 e. The summed E-state index contributed by atoms with van der Waals surface area (Å²) in [5, 5.41) is 10.7. The van der Waals surface area contributed by atoms with Crippen LogP contribution in [-0.4, -0.2) is 17.0 Å². The zero-order valence-corrected chi connectivity index (χ0v) is 8.87. The lowest BCUT2D eigenvalue weighted by Gasteiger charge is -2.05. The van der Waals surface area contributed by atoms with Gasteiger partial charge in [-0.2, -0.15) is 0 Å². The van der Waals surface area contributed by atoms with Crippen molar-refractivity contribution in [2.75, 3.05) is 0 Å². The van der Waals surface area contributed by atoms with Crippen LogP contribution in [-0.2, 0) is 16.1 Å². The standard InChI is InChI=1S/C11H11F2NO3/c12-8-1-2-9(13)7(5-8)6-14-10(15)3-4-11(16)17/h1-2,5H,3-4,6H2,(H,14,15)(H,16,17). The van der Waals surface area contributed by atoms with Gasteiger partial charge in [-0.05, 0) is 18.2 Å². The maximum atomic E-state index is 13.1. The maximum Gasteiger partial charge on any atom is 0.303 e. The van der Waals surface area contributed by atoms with Crippen molar-refractivity contribution < 1.29 is 23.5 Å². The Labute approximate surface area is 96.3 Å². The Morgan fingerprint density at radius 1 is 1.24 bits per heavy atom. The van der Waals surface area contributed by atoms with Crippen molar-refractivity contribution in [3.8, 4) is 0 Å². The van der Waals surface area contributed by atoms with Crippen molar-refractivity contribution in [1.82, 2.24) is 5.32 Å². The normalized spacial score (nSPS) is 10.0. The molecule has 1 aromatic rings. The third-order valence-electron chi connectivity index (χ3n) is 2.05. The average Bonchev–Trinajstić information content (AvgIpc) is 2.27. The molecule has 0 aliphatic heterocycles. The number of hydrogen-bond donors (Lipinski definition) is 2. The van der Waals surface area contributed by atoms with E-state index in [1.807, 2.05) is 0 Å². The number of carbonyl (C=O) groups excluding carboxylic acids is 1. The van der Waals surface area contributed by atoms with Crippen molar-refractivity contribution in [3.63, 3.8) is 0 Å². The first kappa shape index (κ1) is 13.1. The third kappa shape index (κ3) is 4.58. The molecule has 1 aromatic carbocycles. The summed E-state index contributed by atoms with van der Waals surface area (Å²) in [7, 11) is 0. The molecule has 92 valence electrons. The molecule has 17 heavy (non-hydrogen) atoms. The fourth-order valence-corrected chi connectivity index (χ4v) is 1.18. The van der Waals surface area contributed by atoms with Crippen LogP contribution in [0.25, 0.3) is 0 Å². The monoisotopic (exact) mass is 243 g/mol. The molecule has 0 aromatic heterocycles. The van der Waals surface area contributed by atoms with E-state index in [1.54, 1.807) is 0 Å². The number of carbonyl (C=O) groups is 2. The minimum absolute atomic E-state index is 0.0219. The van der Waals surface area contributed by atoms with E-state index in [4.69, 9.17) is 5.11 Å². The molecule has 1 amide bonds. The van der Waals surface area contributed by atoms with Gasteiger partial charge in [0.15, 0.2) is 0 Å². The van der Waals surface area contributed by atoms with E-state index in [1.165, 1.54) is 0 Å². The van der Waals surface area contributed by atoms with Crippen LogP contribution in [0, 0.1) is 11.6 Å². The Hall–Kier alpha value is -1.98. The van der Waals surface area contributed by atoms with Crippen LogP contribution >= 0.6 is 0 Å². The van der Waals surface area contributed by atoms with Gasteiger partial charge in [0, 0.05) is 18.5 Å². The van der Waals surface area contributed by atoms with E-state index < -0.39 is 23.5 Å². The Morgan fingerprint density at radius 2 is 1.94 bits per heavy atom. The first-order chi connectivity index (χ1) is 7.99. The molecule has 0 spiro atoms. The number of nitrogens with one attached hydrogen (secondary N) is 1. The summed E-state index contributed by atoms with van der Waals surface area (Å²) in [5.74, 6) is -2.82. The van der Waals surface area contributed by atoms with Crippen molar-refractivity contribution in [2.45, 2.75) is 19.4 Å².